The molecule has 7 heteroatoms. The second-order valence-corrected chi connectivity index (χ2v) is 6.82. The normalized spacial score (nSPS) is 14.8. The van der Waals surface area contributed by atoms with Crippen LogP contribution in [0.1, 0.15) is 23.3 Å². The number of hydrogen-bond donors (Lipinski definition) is 1. The van der Waals surface area contributed by atoms with Gasteiger partial charge in [-0.15, -0.1) is 0 Å². The number of nitrogens with one attached hydrogen (secondary N) is 1. The third-order valence-corrected chi connectivity index (χ3v) is 5.10. The lowest BCUT2D eigenvalue weighted by Gasteiger charge is -2.31. The van der Waals surface area contributed by atoms with Gasteiger partial charge in [-0.3, -0.25) is 9.59 Å². The van der Waals surface area contributed by atoms with E-state index in [1.807, 2.05) is 36.4 Å². The molecule has 1 aliphatic heterocycles. The molecule has 144 valence electrons. The zero-order valence-corrected chi connectivity index (χ0v) is 15.7. The van der Waals surface area contributed by atoms with Gasteiger partial charge in [-0.05, 0) is 37.1 Å². The van der Waals surface area contributed by atoms with E-state index in [0.717, 1.165) is 5.69 Å². The third kappa shape index (κ3) is 3.43. The Morgan fingerprint density at radius 1 is 1.11 bits per heavy atom. The predicted octanol–water partition coefficient (Wildman–Crippen LogP) is 2.73. The molecule has 3 heterocycles. The first-order chi connectivity index (χ1) is 13.7. The zero-order chi connectivity index (χ0) is 19.5. The summed E-state index contributed by atoms with van der Waals surface area (Å²) in [6.07, 6.45) is 2.91. The molecule has 0 unspecified atom stereocenters. The monoisotopic (exact) mass is 378 g/mol. The molecule has 2 aromatic heterocycles. The van der Waals surface area contributed by atoms with Crippen molar-refractivity contribution in [3.63, 3.8) is 0 Å². The Bertz CT molecular complexity index is 955. The Labute approximate surface area is 162 Å². The van der Waals surface area contributed by atoms with Crippen LogP contribution in [0.4, 0.5) is 0 Å². The minimum Gasteiger partial charge on any atom is -0.463 e. The fraction of sp³-hybridized carbons (Fsp3) is 0.286. The zero-order valence-electron chi connectivity index (χ0n) is 15.7. The van der Waals surface area contributed by atoms with Crippen LogP contribution in [0.3, 0.4) is 0 Å². The summed E-state index contributed by atoms with van der Waals surface area (Å²) < 4.78 is 7.11. The number of likely N-dealkylation sites (tertiary alicyclic amines) is 1. The second kappa shape index (κ2) is 7.72. The molecule has 3 aromatic rings. The maximum atomic E-state index is 13.3. The number of carbonyl (C=O) groups excluding carboxylic acids is 2. The maximum absolute atomic E-state index is 13.3. The lowest BCUT2D eigenvalue weighted by Crippen LogP contribution is -2.42. The average Bonchev–Trinajstić information content (AvgIpc) is 3.43. The van der Waals surface area contributed by atoms with Gasteiger partial charge in [-0.2, -0.15) is 5.10 Å². The number of hydrogen-bond acceptors (Lipinski definition) is 4. The Balaban J connectivity index is 1.63. The first-order valence-electron chi connectivity index (χ1n) is 9.37. The fourth-order valence-electron chi connectivity index (χ4n) is 3.56. The van der Waals surface area contributed by atoms with E-state index in [1.54, 1.807) is 35.0 Å². The fourth-order valence-corrected chi connectivity index (χ4v) is 3.56. The standard InChI is InChI=1S/C21H22N4O3/c1-22-20(26)15-9-11-24(12-10-15)21(27)18-14-17(19-8-5-13-28-19)23-25(18)16-6-3-2-4-7-16/h2-8,13-15H,9-12H2,1H3,(H,22,26). The molecule has 1 N–H and O–H groups in total. The first kappa shape index (κ1) is 18.0. The SMILES string of the molecule is CNC(=O)C1CCN(C(=O)c2cc(-c3ccco3)nn2-c2ccccc2)CC1. The Morgan fingerprint density at radius 3 is 2.50 bits per heavy atom. The molecule has 0 bridgehead atoms. The molecule has 4 rings (SSSR count). The Hall–Kier alpha value is -3.35. The highest BCUT2D eigenvalue weighted by Gasteiger charge is 2.29. The highest BCUT2D eigenvalue weighted by molar-refractivity contribution is 5.94. The molecule has 1 fully saturated rings. The van der Waals surface area contributed by atoms with Crippen molar-refractivity contribution in [2.75, 3.05) is 20.1 Å². The molecule has 0 saturated carbocycles. The number of benzene rings is 1. The molecule has 0 aliphatic carbocycles. The number of rotatable bonds is 4. The minimum absolute atomic E-state index is 0.0354. The van der Waals surface area contributed by atoms with Gasteiger partial charge in [0.15, 0.2) is 5.76 Å². The van der Waals surface area contributed by atoms with Gasteiger partial charge in [-0.25, -0.2) is 4.68 Å². The Morgan fingerprint density at radius 2 is 1.86 bits per heavy atom. The number of nitrogens with zero attached hydrogens (tertiary/aromatic N) is 3. The molecule has 2 amide bonds. The summed E-state index contributed by atoms with van der Waals surface area (Å²) in [6.45, 7) is 1.10. The quantitative estimate of drug-likeness (QED) is 0.757. The molecule has 0 spiro atoms. The van der Waals surface area contributed by atoms with E-state index in [4.69, 9.17) is 4.42 Å². The molecule has 0 atom stereocenters. The van der Waals surface area contributed by atoms with E-state index in [2.05, 4.69) is 10.4 Å². The van der Waals surface area contributed by atoms with Crippen molar-refractivity contribution in [3.8, 4) is 17.1 Å². The van der Waals surface area contributed by atoms with Gasteiger partial charge >= 0.3 is 0 Å². The van der Waals surface area contributed by atoms with Crippen LogP contribution in [0.15, 0.2) is 59.2 Å². The van der Waals surface area contributed by atoms with Gasteiger partial charge in [0.2, 0.25) is 5.91 Å². The van der Waals surface area contributed by atoms with Crippen LogP contribution in [-0.4, -0.2) is 46.6 Å². The van der Waals surface area contributed by atoms with Crippen LogP contribution >= 0.6 is 0 Å². The van der Waals surface area contributed by atoms with Gasteiger partial charge in [0.25, 0.3) is 5.91 Å². The van der Waals surface area contributed by atoms with E-state index in [-0.39, 0.29) is 17.7 Å². The number of aromatic nitrogens is 2. The van der Waals surface area contributed by atoms with Crippen molar-refractivity contribution in [3.05, 3.63) is 60.5 Å². The summed E-state index contributed by atoms with van der Waals surface area (Å²) in [5, 5.41) is 7.30. The summed E-state index contributed by atoms with van der Waals surface area (Å²) in [6, 6.07) is 14.9. The van der Waals surface area contributed by atoms with E-state index in [0.29, 0.717) is 43.1 Å². The predicted molar refractivity (Wildman–Crippen MR) is 104 cm³/mol. The average molecular weight is 378 g/mol. The van der Waals surface area contributed by atoms with E-state index in [1.165, 1.54) is 0 Å². The number of amides is 2. The van der Waals surface area contributed by atoms with Crippen molar-refractivity contribution >= 4 is 11.8 Å². The van der Waals surface area contributed by atoms with Crippen LogP contribution < -0.4 is 5.32 Å². The van der Waals surface area contributed by atoms with Gasteiger partial charge in [0.05, 0.1) is 12.0 Å². The first-order valence-corrected chi connectivity index (χ1v) is 9.37. The second-order valence-electron chi connectivity index (χ2n) is 6.82. The van der Waals surface area contributed by atoms with Crippen LogP contribution in [0, 0.1) is 5.92 Å². The van der Waals surface area contributed by atoms with Crippen LogP contribution in [0.2, 0.25) is 0 Å². The topological polar surface area (TPSA) is 80.4 Å². The van der Waals surface area contributed by atoms with Crippen LogP contribution in [0.25, 0.3) is 17.1 Å². The molecule has 28 heavy (non-hydrogen) atoms. The number of piperidine rings is 1. The van der Waals surface area contributed by atoms with E-state index in [9.17, 15) is 9.59 Å². The van der Waals surface area contributed by atoms with Crippen molar-refractivity contribution in [1.29, 1.82) is 0 Å². The van der Waals surface area contributed by atoms with Gasteiger partial charge in [0.1, 0.15) is 11.4 Å². The third-order valence-electron chi connectivity index (χ3n) is 5.10. The van der Waals surface area contributed by atoms with Crippen molar-refractivity contribution in [2.45, 2.75) is 12.8 Å². The molecule has 7 nitrogen and oxygen atoms in total. The molecule has 1 saturated heterocycles. The van der Waals surface area contributed by atoms with Crippen LogP contribution in [-0.2, 0) is 4.79 Å². The van der Waals surface area contributed by atoms with Crippen LogP contribution in [0.5, 0.6) is 0 Å². The van der Waals surface area contributed by atoms with Gasteiger partial charge in [-0.1, -0.05) is 18.2 Å². The molecular weight excluding hydrogens is 356 g/mol. The molecule has 1 aromatic carbocycles. The number of para-hydroxylation sites is 1. The lowest BCUT2D eigenvalue weighted by molar-refractivity contribution is -0.125. The molecule has 0 radical (unpaired) electrons. The maximum Gasteiger partial charge on any atom is 0.272 e. The largest absolute Gasteiger partial charge is 0.463 e. The number of carbonyl (C=O) groups is 2. The highest BCUT2D eigenvalue weighted by atomic mass is 16.3. The minimum atomic E-state index is -0.0930. The Kier molecular flexibility index (Phi) is 4.97. The van der Waals surface area contributed by atoms with E-state index < -0.39 is 0 Å². The van der Waals surface area contributed by atoms with E-state index >= 15 is 0 Å². The lowest BCUT2D eigenvalue weighted by atomic mass is 9.96. The summed E-state index contributed by atoms with van der Waals surface area (Å²) in [7, 11) is 1.65. The van der Waals surface area contributed by atoms with Gasteiger partial charge < -0.3 is 14.6 Å². The molecule has 1 aliphatic rings. The smallest absolute Gasteiger partial charge is 0.272 e. The van der Waals surface area contributed by atoms with Crippen molar-refractivity contribution in [1.82, 2.24) is 20.0 Å². The van der Waals surface area contributed by atoms with Gasteiger partial charge in [0, 0.05) is 32.1 Å². The highest BCUT2D eigenvalue weighted by Crippen LogP contribution is 2.25. The van der Waals surface area contributed by atoms with Crippen molar-refractivity contribution < 1.29 is 14.0 Å². The van der Waals surface area contributed by atoms with Crippen molar-refractivity contribution in [2.24, 2.45) is 5.92 Å². The number of furan rings is 1. The summed E-state index contributed by atoms with van der Waals surface area (Å²) >= 11 is 0. The summed E-state index contributed by atoms with van der Waals surface area (Å²) in [4.78, 5) is 26.9. The molecular formula is C21H22N4O3. The summed E-state index contributed by atoms with van der Waals surface area (Å²) in [5.74, 6) is 0.528. The summed E-state index contributed by atoms with van der Waals surface area (Å²) in [5.41, 5.74) is 1.90.